The van der Waals surface area contributed by atoms with Crippen LogP contribution in [0, 0.1) is 11.3 Å². The molecule has 0 atom stereocenters. The van der Waals surface area contributed by atoms with Gasteiger partial charge in [-0.1, -0.05) is 11.2 Å². The van der Waals surface area contributed by atoms with Crippen molar-refractivity contribution in [3.05, 3.63) is 60.7 Å². The monoisotopic (exact) mass is 395 g/mol. The zero-order valence-corrected chi connectivity index (χ0v) is 15.8. The number of hydrogen-bond donors (Lipinski definition) is 2. The smallest absolute Gasteiger partial charge is 0.258 e. The van der Waals surface area contributed by atoms with E-state index in [9.17, 15) is 13.7 Å². The van der Waals surface area contributed by atoms with E-state index in [4.69, 9.17) is 4.52 Å². The lowest BCUT2D eigenvalue weighted by Gasteiger charge is -2.06. The largest absolute Gasteiger partial charge is 0.381 e. The zero-order valence-electron chi connectivity index (χ0n) is 15.0. The minimum Gasteiger partial charge on any atom is -0.381 e. The molecule has 2 N–H and O–H groups in total. The summed E-state index contributed by atoms with van der Waals surface area (Å²) in [4.78, 5) is 4.36. The molecule has 28 heavy (non-hydrogen) atoms. The van der Waals surface area contributed by atoms with Crippen LogP contribution in [0.25, 0.3) is 22.8 Å². The molecule has 1 heterocycles. The quantitative estimate of drug-likeness (QED) is 0.589. The van der Waals surface area contributed by atoms with E-state index in [0.29, 0.717) is 40.4 Å². The van der Waals surface area contributed by atoms with Crippen LogP contribution in [0.5, 0.6) is 0 Å². The Morgan fingerprint density at radius 1 is 1.21 bits per heavy atom. The van der Waals surface area contributed by atoms with Crippen LogP contribution < -0.4 is 10.0 Å². The van der Waals surface area contributed by atoms with Gasteiger partial charge in [0.25, 0.3) is 5.89 Å². The van der Waals surface area contributed by atoms with Gasteiger partial charge in [-0.15, -0.1) is 6.58 Å². The highest BCUT2D eigenvalue weighted by atomic mass is 32.2. The maximum absolute atomic E-state index is 11.3. The summed E-state index contributed by atoms with van der Waals surface area (Å²) < 4.78 is 30.2. The molecule has 0 saturated carbocycles. The van der Waals surface area contributed by atoms with E-state index < -0.39 is 10.0 Å². The second kappa shape index (κ2) is 7.94. The van der Waals surface area contributed by atoms with Crippen molar-refractivity contribution in [2.45, 2.75) is 0 Å². The van der Waals surface area contributed by atoms with Crippen molar-refractivity contribution in [3.8, 4) is 28.9 Å². The molecule has 142 valence electrons. The lowest BCUT2D eigenvalue weighted by molar-refractivity contribution is 0.432. The summed E-state index contributed by atoms with van der Waals surface area (Å²) in [5.41, 5.74) is 2.88. The highest BCUT2D eigenvalue weighted by molar-refractivity contribution is 7.92. The third-order valence-corrected chi connectivity index (χ3v) is 4.30. The molecule has 0 spiro atoms. The predicted molar refractivity (Wildman–Crippen MR) is 107 cm³/mol. The first-order valence-corrected chi connectivity index (χ1v) is 10.1. The number of aromatic nitrogens is 2. The number of nitrogens with zero attached hydrogens (tertiary/aromatic N) is 3. The van der Waals surface area contributed by atoms with Crippen LogP contribution in [0.1, 0.15) is 5.56 Å². The zero-order chi connectivity index (χ0) is 20.1. The number of anilines is 2. The van der Waals surface area contributed by atoms with Crippen LogP contribution in [0.3, 0.4) is 0 Å². The van der Waals surface area contributed by atoms with Crippen LogP contribution in [-0.2, 0) is 10.0 Å². The van der Waals surface area contributed by atoms with Crippen LogP contribution in [0.15, 0.2) is 59.6 Å². The summed E-state index contributed by atoms with van der Waals surface area (Å²) in [7, 11) is -3.34. The summed E-state index contributed by atoms with van der Waals surface area (Å²) in [6.07, 6.45) is 2.79. The number of hydrogen-bond acceptors (Lipinski definition) is 7. The topological polar surface area (TPSA) is 121 Å². The molecule has 0 aliphatic carbocycles. The van der Waals surface area contributed by atoms with Gasteiger partial charge in [0, 0.05) is 23.4 Å². The molecular formula is C19H17N5O3S. The second-order valence-electron chi connectivity index (χ2n) is 5.92. The first-order chi connectivity index (χ1) is 13.4. The molecule has 0 unspecified atom stereocenters. The predicted octanol–water partition coefficient (Wildman–Crippen LogP) is 3.24. The van der Waals surface area contributed by atoms with E-state index in [1.807, 2.05) is 0 Å². The van der Waals surface area contributed by atoms with Crippen LogP contribution in [0.4, 0.5) is 11.4 Å². The van der Waals surface area contributed by atoms with E-state index >= 15 is 0 Å². The van der Waals surface area contributed by atoms with Gasteiger partial charge in [-0.05, 0) is 42.5 Å². The lowest BCUT2D eigenvalue weighted by Crippen LogP contribution is -2.09. The molecule has 0 fully saturated rings. The molecular weight excluding hydrogens is 378 g/mol. The van der Waals surface area contributed by atoms with E-state index in [1.165, 1.54) is 0 Å². The molecule has 0 amide bonds. The Morgan fingerprint density at radius 2 is 1.93 bits per heavy atom. The summed E-state index contributed by atoms with van der Waals surface area (Å²) >= 11 is 0. The van der Waals surface area contributed by atoms with Crippen LogP contribution >= 0.6 is 0 Å². The van der Waals surface area contributed by atoms with Crippen molar-refractivity contribution in [2.24, 2.45) is 0 Å². The Labute approximate surface area is 162 Å². The fraction of sp³-hybridized carbons (Fsp3) is 0.105. The van der Waals surface area contributed by atoms with E-state index in [-0.39, 0.29) is 5.89 Å². The number of rotatable bonds is 7. The van der Waals surface area contributed by atoms with Gasteiger partial charge in [0.1, 0.15) is 6.07 Å². The van der Waals surface area contributed by atoms with Gasteiger partial charge in [-0.25, -0.2) is 8.42 Å². The molecule has 3 rings (SSSR count). The molecule has 3 aromatic rings. The number of sulfonamides is 1. The van der Waals surface area contributed by atoms with Crippen LogP contribution in [-0.4, -0.2) is 31.4 Å². The molecule has 0 bridgehead atoms. The maximum atomic E-state index is 11.3. The van der Waals surface area contributed by atoms with Gasteiger partial charge < -0.3 is 9.84 Å². The average molecular weight is 395 g/mol. The summed E-state index contributed by atoms with van der Waals surface area (Å²) in [6.45, 7) is 4.18. The highest BCUT2D eigenvalue weighted by Gasteiger charge is 2.13. The average Bonchev–Trinajstić information content (AvgIpc) is 3.15. The number of benzene rings is 2. The first-order valence-electron chi connectivity index (χ1n) is 8.21. The van der Waals surface area contributed by atoms with Gasteiger partial charge in [0.05, 0.1) is 17.5 Å². The summed E-state index contributed by atoms with van der Waals surface area (Å²) in [5, 5.41) is 16.4. The van der Waals surface area contributed by atoms with Crippen molar-refractivity contribution in [1.29, 1.82) is 5.26 Å². The molecule has 9 heteroatoms. The molecule has 0 aliphatic rings. The molecule has 8 nitrogen and oxygen atoms in total. The Hall–Kier alpha value is -3.64. The van der Waals surface area contributed by atoms with Gasteiger partial charge >= 0.3 is 0 Å². The van der Waals surface area contributed by atoms with E-state index in [1.54, 1.807) is 48.5 Å². The second-order valence-corrected chi connectivity index (χ2v) is 7.66. The lowest BCUT2D eigenvalue weighted by atomic mass is 10.1. The molecule has 0 saturated heterocycles. The SMILES string of the molecule is C=CCNc1ccc(-c2nc(-c3ccc(NS(C)(=O)=O)cc3)no2)cc1C#N. The third kappa shape index (κ3) is 4.55. The Bertz CT molecular complexity index is 1150. The van der Waals surface area contributed by atoms with Crippen molar-refractivity contribution < 1.29 is 12.9 Å². The van der Waals surface area contributed by atoms with Gasteiger partial charge in [-0.2, -0.15) is 10.2 Å². The fourth-order valence-electron chi connectivity index (χ4n) is 2.47. The fourth-order valence-corrected chi connectivity index (χ4v) is 3.03. The molecule has 0 radical (unpaired) electrons. The number of nitriles is 1. The van der Waals surface area contributed by atoms with Gasteiger partial charge in [0.2, 0.25) is 15.8 Å². The normalized spacial score (nSPS) is 10.9. The minimum absolute atomic E-state index is 0.278. The molecule has 0 aliphatic heterocycles. The molecule has 1 aromatic heterocycles. The minimum atomic E-state index is -3.34. The first kappa shape index (κ1) is 19.1. The van der Waals surface area contributed by atoms with Crippen molar-refractivity contribution in [2.75, 3.05) is 22.8 Å². The van der Waals surface area contributed by atoms with Crippen LogP contribution in [0.2, 0.25) is 0 Å². The third-order valence-electron chi connectivity index (χ3n) is 3.70. The Kier molecular flexibility index (Phi) is 5.42. The highest BCUT2D eigenvalue weighted by Crippen LogP contribution is 2.26. The Balaban J connectivity index is 1.84. The van der Waals surface area contributed by atoms with Crippen molar-refractivity contribution >= 4 is 21.4 Å². The summed E-state index contributed by atoms with van der Waals surface area (Å²) in [5.74, 6) is 0.633. The van der Waals surface area contributed by atoms with Crippen molar-refractivity contribution in [3.63, 3.8) is 0 Å². The maximum Gasteiger partial charge on any atom is 0.258 e. The van der Waals surface area contributed by atoms with E-state index in [2.05, 4.69) is 32.8 Å². The van der Waals surface area contributed by atoms with Crippen molar-refractivity contribution in [1.82, 2.24) is 10.1 Å². The Morgan fingerprint density at radius 3 is 2.57 bits per heavy atom. The molecule has 2 aromatic carbocycles. The van der Waals surface area contributed by atoms with E-state index in [0.717, 1.165) is 6.26 Å². The standard InChI is InChI=1S/C19H17N5O3S/c1-3-10-21-17-9-6-14(11-15(17)12-20)19-22-18(23-27-19)13-4-7-16(8-5-13)24-28(2,25)26/h3-9,11,21,24H,1,10H2,2H3. The summed E-state index contributed by atoms with van der Waals surface area (Å²) in [6, 6.07) is 13.9. The van der Waals surface area contributed by atoms with Gasteiger partial charge in [-0.3, -0.25) is 4.72 Å². The van der Waals surface area contributed by atoms with Gasteiger partial charge in [0.15, 0.2) is 0 Å². The number of nitrogens with one attached hydrogen (secondary N) is 2.